The van der Waals surface area contributed by atoms with Crippen molar-refractivity contribution in [2.24, 2.45) is 0 Å². The third-order valence-electron chi connectivity index (χ3n) is 2.69. The molecule has 2 amide bonds. The third-order valence-corrected chi connectivity index (χ3v) is 2.94. The van der Waals surface area contributed by atoms with Crippen LogP contribution in [0.4, 0.5) is 10.5 Å². The van der Waals surface area contributed by atoms with Gasteiger partial charge in [-0.15, -0.1) is 0 Å². The van der Waals surface area contributed by atoms with Crippen molar-refractivity contribution in [3.8, 4) is 0 Å². The van der Waals surface area contributed by atoms with Gasteiger partial charge in [0.05, 0.1) is 0 Å². The minimum atomic E-state index is -1.07. The van der Waals surface area contributed by atoms with Crippen LogP contribution in [0.2, 0.25) is 5.02 Å². The lowest BCUT2D eigenvalue weighted by molar-refractivity contribution is -0.135. The second kappa shape index (κ2) is 7.72. The van der Waals surface area contributed by atoms with Crippen LogP contribution in [0.1, 0.15) is 0 Å². The van der Waals surface area contributed by atoms with E-state index in [2.05, 4.69) is 5.32 Å². The molecule has 0 saturated carbocycles. The van der Waals surface area contributed by atoms with Crippen LogP contribution in [0, 0.1) is 0 Å². The molecule has 110 valence electrons. The van der Waals surface area contributed by atoms with Crippen LogP contribution in [0.5, 0.6) is 0 Å². The molecule has 1 rings (SSSR count). The Bertz CT molecular complexity index is 464. The van der Waals surface area contributed by atoms with Crippen molar-refractivity contribution in [2.45, 2.75) is 0 Å². The summed E-state index contributed by atoms with van der Waals surface area (Å²) in [5.74, 6) is -1.07. The number of aliphatic carboxylic acids is 1. The fourth-order valence-electron chi connectivity index (χ4n) is 1.61. The summed E-state index contributed by atoms with van der Waals surface area (Å²) in [7, 11) is 3.41. The number of rotatable bonds is 6. The lowest BCUT2D eigenvalue weighted by atomic mass is 10.3. The van der Waals surface area contributed by atoms with Crippen LogP contribution in [0.15, 0.2) is 24.3 Å². The Morgan fingerprint density at radius 2 is 1.90 bits per heavy atom. The van der Waals surface area contributed by atoms with Crippen LogP contribution in [0.25, 0.3) is 0 Å². The molecular weight excluding hydrogens is 282 g/mol. The molecule has 0 aromatic heterocycles. The maximum absolute atomic E-state index is 12.3. The number of nitrogens with one attached hydrogen (secondary N) is 1. The SMILES string of the molecule is CNCCN(C)C(=O)N(CC(=O)O)c1ccc(Cl)cc1. The number of anilines is 1. The zero-order chi connectivity index (χ0) is 15.1. The van der Waals surface area contributed by atoms with Gasteiger partial charge in [0.1, 0.15) is 6.54 Å². The number of urea groups is 1. The Hall–Kier alpha value is -1.79. The van der Waals surface area contributed by atoms with Crippen LogP contribution >= 0.6 is 11.6 Å². The lowest BCUT2D eigenvalue weighted by Crippen LogP contribution is -2.45. The molecule has 7 heteroatoms. The van der Waals surface area contributed by atoms with E-state index in [1.54, 1.807) is 38.4 Å². The molecule has 0 aliphatic heterocycles. The number of hydrogen-bond acceptors (Lipinski definition) is 3. The highest BCUT2D eigenvalue weighted by Crippen LogP contribution is 2.19. The average molecular weight is 300 g/mol. The number of carbonyl (C=O) groups excluding carboxylic acids is 1. The molecule has 1 aromatic carbocycles. The van der Waals surface area contributed by atoms with Gasteiger partial charge in [0.15, 0.2) is 0 Å². The van der Waals surface area contributed by atoms with Gasteiger partial charge in [0, 0.05) is 30.8 Å². The highest BCUT2D eigenvalue weighted by atomic mass is 35.5. The van der Waals surface area contributed by atoms with Gasteiger partial charge in [0.25, 0.3) is 0 Å². The van der Waals surface area contributed by atoms with Gasteiger partial charge in [-0.25, -0.2) is 4.79 Å². The number of hydrogen-bond donors (Lipinski definition) is 2. The van der Waals surface area contributed by atoms with Crippen LogP contribution in [0.3, 0.4) is 0 Å². The summed E-state index contributed by atoms with van der Waals surface area (Å²) in [4.78, 5) is 25.9. The van der Waals surface area contributed by atoms with Crippen molar-refractivity contribution < 1.29 is 14.7 Å². The van der Waals surface area contributed by atoms with Crippen molar-refractivity contribution in [1.29, 1.82) is 0 Å². The highest BCUT2D eigenvalue weighted by Gasteiger charge is 2.21. The number of halogens is 1. The maximum Gasteiger partial charge on any atom is 0.324 e. The van der Waals surface area contributed by atoms with E-state index in [1.807, 2.05) is 0 Å². The smallest absolute Gasteiger partial charge is 0.324 e. The molecule has 0 fully saturated rings. The summed E-state index contributed by atoms with van der Waals surface area (Å²) in [6.07, 6.45) is 0. The molecular formula is C13H18ClN3O3. The van der Waals surface area contributed by atoms with E-state index in [4.69, 9.17) is 16.7 Å². The zero-order valence-corrected chi connectivity index (χ0v) is 12.2. The third kappa shape index (κ3) is 4.71. The quantitative estimate of drug-likeness (QED) is 0.835. The highest BCUT2D eigenvalue weighted by molar-refractivity contribution is 6.30. The summed E-state index contributed by atoms with van der Waals surface area (Å²) in [5.41, 5.74) is 0.498. The lowest BCUT2D eigenvalue weighted by Gasteiger charge is -2.27. The minimum absolute atomic E-state index is 0.370. The van der Waals surface area contributed by atoms with Crippen LogP contribution < -0.4 is 10.2 Å². The topological polar surface area (TPSA) is 72.9 Å². The largest absolute Gasteiger partial charge is 0.480 e. The van der Waals surface area contributed by atoms with E-state index in [1.165, 1.54) is 9.80 Å². The molecule has 0 saturated heterocycles. The monoisotopic (exact) mass is 299 g/mol. The number of carbonyl (C=O) groups is 2. The first-order chi connectivity index (χ1) is 9.45. The van der Waals surface area contributed by atoms with Crippen molar-refractivity contribution >= 4 is 29.3 Å². The van der Waals surface area contributed by atoms with Gasteiger partial charge in [0.2, 0.25) is 0 Å². The standard InChI is InChI=1S/C13H18ClN3O3/c1-15-7-8-16(2)13(20)17(9-12(18)19)11-5-3-10(14)4-6-11/h3-6,15H,7-9H2,1-2H3,(H,18,19). The number of amides is 2. The second-order valence-electron chi connectivity index (χ2n) is 4.26. The number of nitrogens with zero attached hydrogens (tertiary/aromatic N) is 2. The summed E-state index contributed by atoms with van der Waals surface area (Å²) < 4.78 is 0. The Labute approximate surface area is 122 Å². The van der Waals surface area contributed by atoms with Crippen molar-refractivity contribution in [2.75, 3.05) is 38.6 Å². The predicted octanol–water partition coefficient (Wildman–Crippen LogP) is 1.50. The van der Waals surface area contributed by atoms with Gasteiger partial charge in [-0.05, 0) is 31.3 Å². The van der Waals surface area contributed by atoms with Gasteiger partial charge in [-0.3, -0.25) is 9.69 Å². The van der Waals surface area contributed by atoms with E-state index < -0.39 is 12.5 Å². The molecule has 20 heavy (non-hydrogen) atoms. The zero-order valence-electron chi connectivity index (χ0n) is 11.5. The van der Waals surface area contributed by atoms with Gasteiger partial charge in [-0.2, -0.15) is 0 Å². The summed E-state index contributed by atoms with van der Waals surface area (Å²) in [6, 6.07) is 6.11. The Morgan fingerprint density at radius 3 is 2.40 bits per heavy atom. The Balaban J connectivity index is 2.91. The Morgan fingerprint density at radius 1 is 1.30 bits per heavy atom. The average Bonchev–Trinajstić information content (AvgIpc) is 2.42. The van der Waals surface area contributed by atoms with E-state index >= 15 is 0 Å². The predicted molar refractivity (Wildman–Crippen MR) is 78.4 cm³/mol. The van der Waals surface area contributed by atoms with E-state index in [9.17, 15) is 9.59 Å². The summed E-state index contributed by atoms with van der Waals surface area (Å²) >= 11 is 5.79. The first-order valence-electron chi connectivity index (χ1n) is 6.10. The first-order valence-corrected chi connectivity index (χ1v) is 6.48. The molecule has 0 bridgehead atoms. The van der Waals surface area contributed by atoms with E-state index in [0.29, 0.717) is 23.8 Å². The molecule has 0 radical (unpaired) electrons. The fourth-order valence-corrected chi connectivity index (χ4v) is 1.73. The number of likely N-dealkylation sites (N-methyl/N-ethyl adjacent to an activating group) is 2. The number of carboxylic acid groups (broad SMARTS) is 1. The van der Waals surface area contributed by atoms with Crippen molar-refractivity contribution in [1.82, 2.24) is 10.2 Å². The summed E-state index contributed by atoms with van der Waals surface area (Å²) in [5, 5.41) is 12.4. The van der Waals surface area contributed by atoms with Gasteiger partial charge >= 0.3 is 12.0 Å². The molecule has 0 atom stereocenters. The second-order valence-corrected chi connectivity index (χ2v) is 4.70. The van der Waals surface area contributed by atoms with Crippen LogP contribution in [-0.2, 0) is 4.79 Å². The van der Waals surface area contributed by atoms with Crippen LogP contribution in [-0.4, -0.2) is 55.7 Å². The molecule has 0 heterocycles. The number of benzene rings is 1. The van der Waals surface area contributed by atoms with Gasteiger partial charge < -0.3 is 15.3 Å². The van der Waals surface area contributed by atoms with Crippen molar-refractivity contribution in [3.05, 3.63) is 29.3 Å². The molecule has 6 nitrogen and oxygen atoms in total. The fraction of sp³-hybridized carbons (Fsp3) is 0.385. The molecule has 2 N–H and O–H groups in total. The van der Waals surface area contributed by atoms with E-state index in [-0.39, 0.29) is 6.03 Å². The Kier molecular flexibility index (Phi) is 6.27. The summed E-state index contributed by atoms with van der Waals surface area (Å²) in [6.45, 7) is 0.715. The molecule has 0 spiro atoms. The maximum atomic E-state index is 12.3. The first kappa shape index (κ1) is 16.3. The van der Waals surface area contributed by atoms with Crippen molar-refractivity contribution in [3.63, 3.8) is 0 Å². The minimum Gasteiger partial charge on any atom is -0.480 e. The number of carboxylic acids is 1. The van der Waals surface area contributed by atoms with Gasteiger partial charge in [-0.1, -0.05) is 11.6 Å². The molecule has 0 unspecified atom stereocenters. The normalized spacial score (nSPS) is 10.2. The molecule has 1 aromatic rings. The van der Waals surface area contributed by atoms with E-state index in [0.717, 1.165) is 0 Å². The molecule has 0 aliphatic carbocycles. The molecule has 0 aliphatic rings.